The third-order valence-corrected chi connectivity index (χ3v) is 3.55. The van der Waals surface area contributed by atoms with Gasteiger partial charge in [0.1, 0.15) is 24.0 Å². The zero-order valence-electron chi connectivity index (χ0n) is 13.1. The average molecular weight is 312 g/mol. The predicted molar refractivity (Wildman–Crippen MR) is 87.0 cm³/mol. The molecule has 0 fully saturated rings. The van der Waals surface area contributed by atoms with Crippen molar-refractivity contribution in [3.05, 3.63) is 52.8 Å². The van der Waals surface area contributed by atoms with E-state index >= 15 is 0 Å². The second kappa shape index (κ2) is 6.00. The number of ether oxygens (including phenoxy) is 2. The molecule has 1 heterocycles. The molecule has 3 rings (SSSR count). The van der Waals surface area contributed by atoms with Crippen LogP contribution in [0.1, 0.15) is 0 Å². The summed E-state index contributed by atoms with van der Waals surface area (Å²) in [6, 6.07) is 12.6. The molecule has 23 heavy (non-hydrogen) atoms. The van der Waals surface area contributed by atoms with Gasteiger partial charge in [-0.1, -0.05) is 18.2 Å². The van der Waals surface area contributed by atoms with Gasteiger partial charge in [0.25, 0.3) is 5.56 Å². The van der Waals surface area contributed by atoms with Crippen LogP contribution in [-0.2, 0) is 0 Å². The Kier molecular flexibility index (Phi) is 3.89. The molecule has 2 aromatic carbocycles. The number of nitrogens with zero attached hydrogens (tertiary/aromatic N) is 2. The van der Waals surface area contributed by atoms with Crippen LogP contribution in [0.15, 0.2) is 47.3 Å². The normalized spacial score (nSPS) is 10.6. The van der Waals surface area contributed by atoms with Crippen molar-refractivity contribution in [1.82, 2.24) is 9.71 Å². The second-order valence-electron chi connectivity index (χ2n) is 4.80. The van der Waals surface area contributed by atoms with Gasteiger partial charge in [-0.3, -0.25) is 4.79 Å². The fourth-order valence-corrected chi connectivity index (χ4v) is 2.47. The highest BCUT2D eigenvalue weighted by molar-refractivity contribution is 5.85. The molecule has 0 aliphatic carbocycles. The van der Waals surface area contributed by atoms with Crippen LogP contribution in [0, 0.1) is 0 Å². The summed E-state index contributed by atoms with van der Waals surface area (Å²) in [6.45, 7) is 0. The number of hydrogen-bond acceptors (Lipinski definition) is 5. The fraction of sp³-hybridized carbons (Fsp3) is 0.176. The number of hydrogen-bond donors (Lipinski definition) is 0. The first-order chi connectivity index (χ1) is 11.2. The van der Waals surface area contributed by atoms with E-state index in [4.69, 9.17) is 14.3 Å². The summed E-state index contributed by atoms with van der Waals surface area (Å²) >= 11 is 0. The lowest BCUT2D eigenvalue weighted by molar-refractivity contribution is 0.160. The standard InChI is InChI=1S/C17H16N2O4/c1-21-12-7-4-6-11(10-12)16-18-13-8-5-9-14(22-2)15(13)17(20)19(16)23-3/h4-10H,1-3H3. The predicted octanol–water partition coefficient (Wildman–Crippen LogP) is 2.14. The Morgan fingerprint density at radius 3 is 2.48 bits per heavy atom. The molecule has 0 aliphatic heterocycles. The Morgan fingerprint density at radius 2 is 1.78 bits per heavy atom. The van der Waals surface area contributed by atoms with Crippen LogP contribution >= 0.6 is 0 Å². The first-order valence-corrected chi connectivity index (χ1v) is 6.98. The topological polar surface area (TPSA) is 62.6 Å². The maximum atomic E-state index is 12.8. The van der Waals surface area contributed by atoms with Crippen LogP contribution in [0.5, 0.6) is 11.5 Å². The summed E-state index contributed by atoms with van der Waals surface area (Å²) in [5, 5.41) is 0.378. The van der Waals surface area contributed by atoms with E-state index in [1.807, 2.05) is 18.2 Å². The molecule has 0 spiro atoms. The highest BCUT2D eigenvalue weighted by atomic mass is 16.7. The van der Waals surface area contributed by atoms with Gasteiger partial charge < -0.3 is 14.3 Å². The van der Waals surface area contributed by atoms with Crippen molar-refractivity contribution in [2.75, 3.05) is 21.3 Å². The summed E-state index contributed by atoms with van der Waals surface area (Å²) in [5.74, 6) is 1.53. The van der Waals surface area contributed by atoms with E-state index in [0.717, 1.165) is 4.73 Å². The number of fused-ring (bicyclic) bond motifs is 1. The van der Waals surface area contributed by atoms with E-state index in [2.05, 4.69) is 4.98 Å². The molecule has 0 aliphatic rings. The number of benzene rings is 2. The smallest absolute Gasteiger partial charge is 0.298 e. The van der Waals surface area contributed by atoms with Gasteiger partial charge >= 0.3 is 0 Å². The Hall–Kier alpha value is -3.02. The quantitative estimate of drug-likeness (QED) is 0.738. The van der Waals surface area contributed by atoms with Crippen molar-refractivity contribution in [3.8, 4) is 22.9 Å². The second-order valence-corrected chi connectivity index (χ2v) is 4.80. The van der Waals surface area contributed by atoms with Gasteiger partial charge in [-0.2, -0.15) is 0 Å². The van der Waals surface area contributed by atoms with E-state index < -0.39 is 0 Å². The van der Waals surface area contributed by atoms with Gasteiger partial charge in [-0.15, -0.1) is 4.73 Å². The third-order valence-electron chi connectivity index (χ3n) is 3.55. The number of rotatable bonds is 4. The molecule has 118 valence electrons. The molecule has 6 nitrogen and oxygen atoms in total. The van der Waals surface area contributed by atoms with Crippen LogP contribution in [0.4, 0.5) is 0 Å². The zero-order chi connectivity index (χ0) is 16.4. The van der Waals surface area contributed by atoms with E-state index in [9.17, 15) is 4.79 Å². The minimum Gasteiger partial charge on any atom is -0.497 e. The number of aromatic nitrogens is 2. The van der Waals surface area contributed by atoms with Crippen molar-refractivity contribution in [2.45, 2.75) is 0 Å². The lowest BCUT2D eigenvalue weighted by Gasteiger charge is -2.13. The molecule has 0 saturated carbocycles. The largest absolute Gasteiger partial charge is 0.497 e. The molecule has 0 atom stereocenters. The number of methoxy groups -OCH3 is 2. The lowest BCUT2D eigenvalue weighted by Crippen LogP contribution is -2.28. The molecule has 3 aromatic rings. The van der Waals surface area contributed by atoms with Crippen LogP contribution in [0.25, 0.3) is 22.3 Å². The van der Waals surface area contributed by atoms with E-state index in [-0.39, 0.29) is 5.56 Å². The first-order valence-electron chi connectivity index (χ1n) is 6.98. The molecule has 1 aromatic heterocycles. The first kappa shape index (κ1) is 14.9. The SMILES string of the molecule is COc1cccc(-c2nc3cccc(OC)c3c(=O)n2OC)c1. The lowest BCUT2D eigenvalue weighted by atomic mass is 10.1. The Morgan fingerprint density at radius 1 is 1.00 bits per heavy atom. The van der Waals surface area contributed by atoms with Gasteiger partial charge in [0, 0.05) is 5.56 Å². The monoisotopic (exact) mass is 312 g/mol. The molecule has 0 radical (unpaired) electrons. The highest BCUT2D eigenvalue weighted by Gasteiger charge is 2.16. The zero-order valence-corrected chi connectivity index (χ0v) is 13.1. The molecule has 0 saturated heterocycles. The summed E-state index contributed by atoms with van der Waals surface area (Å²) in [4.78, 5) is 22.6. The maximum absolute atomic E-state index is 12.8. The van der Waals surface area contributed by atoms with Gasteiger partial charge in [-0.05, 0) is 24.3 Å². The molecule has 0 amide bonds. The Balaban J connectivity index is 2.35. The van der Waals surface area contributed by atoms with Gasteiger partial charge in [-0.25, -0.2) is 4.98 Å². The molecule has 0 N–H and O–H groups in total. The Labute approximate surface area is 132 Å². The minimum atomic E-state index is -0.326. The van der Waals surface area contributed by atoms with E-state index in [1.165, 1.54) is 14.2 Å². The van der Waals surface area contributed by atoms with Gasteiger partial charge in [0.2, 0.25) is 0 Å². The van der Waals surface area contributed by atoms with Crippen molar-refractivity contribution in [1.29, 1.82) is 0 Å². The summed E-state index contributed by atoms with van der Waals surface area (Å²) in [7, 11) is 4.52. The summed E-state index contributed by atoms with van der Waals surface area (Å²) in [5.41, 5.74) is 0.932. The summed E-state index contributed by atoms with van der Waals surface area (Å²) in [6.07, 6.45) is 0. The maximum Gasteiger partial charge on any atom is 0.298 e. The van der Waals surface area contributed by atoms with E-state index in [0.29, 0.717) is 33.8 Å². The van der Waals surface area contributed by atoms with Crippen LogP contribution in [0.2, 0.25) is 0 Å². The van der Waals surface area contributed by atoms with E-state index in [1.54, 1.807) is 31.4 Å². The molecular formula is C17H16N2O4. The molecule has 6 heteroatoms. The van der Waals surface area contributed by atoms with Crippen molar-refractivity contribution >= 4 is 10.9 Å². The van der Waals surface area contributed by atoms with Crippen molar-refractivity contribution < 1.29 is 14.3 Å². The van der Waals surface area contributed by atoms with Gasteiger partial charge in [0.15, 0.2) is 5.82 Å². The van der Waals surface area contributed by atoms with Crippen LogP contribution in [0.3, 0.4) is 0 Å². The van der Waals surface area contributed by atoms with Gasteiger partial charge in [0.05, 0.1) is 19.7 Å². The molecular weight excluding hydrogens is 296 g/mol. The average Bonchev–Trinajstić information content (AvgIpc) is 2.61. The third kappa shape index (κ3) is 2.48. The molecule has 0 bridgehead atoms. The molecule has 0 unspecified atom stereocenters. The van der Waals surface area contributed by atoms with Crippen LogP contribution in [-0.4, -0.2) is 31.0 Å². The van der Waals surface area contributed by atoms with Crippen LogP contribution < -0.4 is 19.9 Å². The highest BCUT2D eigenvalue weighted by Crippen LogP contribution is 2.25. The fourth-order valence-electron chi connectivity index (χ4n) is 2.47. The van der Waals surface area contributed by atoms with Crippen molar-refractivity contribution in [3.63, 3.8) is 0 Å². The summed E-state index contributed by atoms with van der Waals surface area (Å²) < 4.78 is 11.6. The Bertz CT molecular complexity index is 918. The van der Waals surface area contributed by atoms with Crippen molar-refractivity contribution in [2.24, 2.45) is 0 Å². The minimum absolute atomic E-state index is 0.326.